The number of nitrogens with zero attached hydrogens (tertiary/aromatic N) is 4. The van der Waals surface area contributed by atoms with Gasteiger partial charge >= 0.3 is 0 Å². The summed E-state index contributed by atoms with van der Waals surface area (Å²) in [5, 5.41) is 3.27. The van der Waals surface area contributed by atoms with Crippen molar-refractivity contribution < 1.29 is 13.2 Å². The molecule has 2 unspecified atom stereocenters. The molecule has 2 fully saturated rings. The van der Waals surface area contributed by atoms with Crippen LogP contribution in [0.25, 0.3) is 0 Å². The van der Waals surface area contributed by atoms with Crippen molar-refractivity contribution in [3.05, 3.63) is 0 Å². The van der Waals surface area contributed by atoms with E-state index < -0.39 is 15.6 Å². The number of aliphatic imine (C=N–C) groups is 1. The first-order chi connectivity index (χ1) is 13.9. The summed E-state index contributed by atoms with van der Waals surface area (Å²) in [6.45, 7) is 13.9. The first-order valence-electron chi connectivity index (χ1n) is 10.8. The predicted molar refractivity (Wildman–Crippen MR) is 121 cm³/mol. The summed E-state index contributed by atoms with van der Waals surface area (Å²) in [6.07, 6.45) is 2.36. The van der Waals surface area contributed by atoms with Crippen LogP contribution in [-0.2, 0) is 14.8 Å². The average Bonchev–Trinajstić information content (AvgIpc) is 2.60. The molecule has 10 heteroatoms. The quantitative estimate of drug-likeness (QED) is 0.443. The standard InChI is InChI=1S/C20H40N6O3S/c1-16-11-17(2)13-26(12-16)18(27)14-24-7-9-25(10-8-24)19(21-5)22-15-20(3,4)23-30(6,28)29/h16-17,23H,7-15H2,1-6H3,(H,21,22). The van der Waals surface area contributed by atoms with Gasteiger partial charge in [-0.25, -0.2) is 13.1 Å². The molecule has 2 heterocycles. The van der Waals surface area contributed by atoms with Crippen molar-refractivity contribution in [2.45, 2.75) is 39.7 Å². The highest BCUT2D eigenvalue weighted by Gasteiger charge is 2.28. The first kappa shape index (κ1) is 24.9. The van der Waals surface area contributed by atoms with Crippen LogP contribution in [0.3, 0.4) is 0 Å². The van der Waals surface area contributed by atoms with Crippen LogP contribution >= 0.6 is 0 Å². The zero-order valence-corrected chi connectivity index (χ0v) is 20.3. The maximum absolute atomic E-state index is 12.7. The second kappa shape index (κ2) is 10.3. The Balaban J connectivity index is 1.80. The van der Waals surface area contributed by atoms with Crippen LogP contribution in [0.2, 0.25) is 0 Å². The monoisotopic (exact) mass is 444 g/mol. The van der Waals surface area contributed by atoms with E-state index in [1.165, 1.54) is 6.42 Å². The van der Waals surface area contributed by atoms with Crippen LogP contribution in [0.5, 0.6) is 0 Å². The van der Waals surface area contributed by atoms with E-state index in [2.05, 4.69) is 38.7 Å². The number of hydrogen-bond donors (Lipinski definition) is 2. The van der Waals surface area contributed by atoms with Crippen LogP contribution in [-0.4, -0.2) is 106 Å². The summed E-state index contributed by atoms with van der Waals surface area (Å²) in [7, 11) is -1.55. The van der Waals surface area contributed by atoms with Crippen LogP contribution in [0.4, 0.5) is 0 Å². The molecule has 0 bridgehead atoms. The van der Waals surface area contributed by atoms with Crippen molar-refractivity contribution in [2.75, 3.05) is 65.7 Å². The molecule has 2 atom stereocenters. The summed E-state index contributed by atoms with van der Waals surface area (Å²) in [5.41, 5.74) is -0.625. The Kier molecular flexibility index (Phi) is 8.52. The fourth-order valence-corrected chi connectivity index (χ4v) is 5.52. The van der Waals surface area contributed by atoms with Crippen LogP contribution in [0, 0.1) is 11.8 Å². The molecule has 2 rings (SSSR count). The molecule has 2 saturated heterocycles. The van der Waals surface area contributed by atoms with Gasteiger partial charge in [0.15, 0.2) is 5.96 Å². The van der Waals surface area contributed by atoms with E-state index in [4.69, 9.17) is 0 Å². The number of piperidine rings is 1. The van der Waals surface area contributed by atoms with Gasteiger partial charge in [0.2, 0.25) is 15.9 Å². The number of piperazine rings is 1. The number of hydrogen-bond acceptors (Lipinski definition) is 5. The average molecular weight is 445 g/mol. The topological polar surface area (TPSA) is 97.3 Å². The third kappa shape index (κ3) is 8.03. The molecule has 9 nitrogen and oxygen atoms in total. The van der Waals surface area contributed by atoms with Gasteiger partial charge in [-0.1, -0.05) is 13.8 Å². The number of carbonyl (C=O) groups is 1. The molecule has 2 N–H and O–H groups in total. The minimum absolute atomic E-state index is 0.234. The second-order valence-electron chi connectivity index (χ2n) is 9.67. The highest BCUT2D eigenvalue weighted by molar-refractivity contribution is 7.88. The summed E-state index contributed by atoms with van der Waals surface area (Å²) in [6, 6.07) is 0. The van der Waals surface area contributed by atoms with Crippen molar-refractivity contribution >= 4 is 21.9 Å². The molecule has 0 aliphatic carbocycles. The van der Waals surface area contributed by atoms with Gasteiger partial charge in [0.25, 0.3) is 0 Å². The lowest BCUT2D eigenvalue weighted by Crippen LogP contribution is -2.57. The van der Waals surface area contributed by atoms with E-state index in [1.54, 1.807) is 7.05 Å². The Hall–Kier alpha value is -1.39. The Labute approximate surface area is 182 Å². The molecule has 0 radical (unpaired) electrons. The van der Waals surface area contributed by atoms with E-state index in [1.807, 2.05) is 18.7 Å². The van der Waals surface area contributed by atoms with Crippen molar-refractivity contribution in [1.82, 2.24) is 24.7 Å². The molecular weight excluding hydrogens is 404 g/mol. The van der Waals surface area contributed by atoms with Gasteiger partial charge in [-0.3, -0.25) is 14.7 Å². The van der Waals surface area contributed by atoms with Crippen molar-refractivity contribution in [1.29, 1.82) is 0 Å². The maximum atomic E-state index is 12.7. The van der Waals surface area contributed by atoms with Crippen LogP contribution < -0.4 is 10.0 Å². The molecule has 0 aromatic heterocycles. The van der Waals surface area contributed by atoms with E-state index in [0.29, 0.717) is 24.9 Å². The van der Waals surface area contributed by atoms with E-state index >= 15 is 0 Å². The van der Waals surface area contributed by atoms with E-state index in [0.717, 1.165) is 51.5 Å². The fraction of sp³-hybridized carbons (Fsp3) is 0.900. The molecular formula is C20H40N6O3S. The molecule has 174 valence electrons. The molecule has 2 aliphatic heterocycles. The smallest absolute Gasteiger partial charge is 0.236 e. The predicted octanol–water partition coefficient (Wildman–Crippen LogP) is 0.0117. The summed E-state index contributed by atoms with van der Waals surface area (Å²) in [5.74, 6) is 2.14. The SMILES string of the molecule is CN=C(NCC(C)(C)NS(C)(=O)=O)N1CCN(CC(=O)N2CC(C)CC(C)C2)CC1. The molecule has 0 aromatic rings. The third-order valence-corrected chi connectivity index (χ3v) is 6.54. The Morgan fingerprint density at radius 1 is 1.07 bits per heavy atom. The highest BCUT2D eigenvalue weighted by atomic mass is 32.2. The Morgan fingerprint density at radius 3 is 2.13 bits per heavy atom. The zero-order chi connectivity index (χ0) is 22.5. The number of likely N-dealkylation sites (tertiary alicyclic amines) is 1. The molecule has 0 aromatic carbocycles. The molecule has 2 aliphatic rings. The number of carbonyl (C=O) groups excluding carboxylic acids is 1. The van der Waals surface area contributed by atoms with Crippen LogP contribution in [0.1, 0.15) is 34.1 Å². The lowest BCUT2D eigenvalue weighted by molar-refractivity contribution is -0.135. The molecule has 0 spiro atoms. The van der Waals surface area contributed by atoms with Gasteiger partial charge in [0.1, 0.15) is 0 Å². The molecule has 0 saturated carbocycles. The number of nitrogens with one attached hydrogen (secondary N) is 2. The van der Waals surface area contributed by atoms with Gasteiger partial charge in [0, 0.05) is 58.4 Å². The van der Waals surface area contributed by atoms with E-state index in [9.17, 15) is 13.2 Å². The minimum Gasteiger partial charge on any atom is -0.354 e. The lowest BCUT2D eigenvalue weighted by atomic mass is 9.92. The summed E-state index contributed by atoms with van der Waals surface area (Å²) in [4.78, 5) is 23.5. The summed E-state index contributed by atoms with van der Waals surface area (Å²) >= 11 is 0. The van der Waals surface area contributed by atoms with E-state index in [-0.39, 0.29) is 5.91 Å². The molecule has 30 heavy (non-hydrogen) atoms. The molecule has 1 amide bonds. The number of guanidine groups is 1. The normalized spacial score (nSPS) is 24.8. The second-order valence-corrected chi connectivity index (χ2v) is 11.4. The van der Waals surface area contributed by atoms with Crippen molar-refractivity contribution in [3.8, 4) is 0 Å². The van der Waals surface area contributed by atoms with Crippen molar-refractivity contribution in [3.63, 3.8) is 0 Å². The largest absolute Gasteiger partial charge is 0.354 e. The maximum Gasteiger partial charge on any atom is 0.236 e. The number of amides is 1. The zero-order valence-electron chi connectivity index (χ0n) is 19.4. The first-order valence-corrected chi connectivity index (χ1v) is 12.7. The van der Waals surface area contributed by atoms with Gasteiger partial charge in [0.05, 0.1) is 12.8 Å². The van der Waals surface area contributed by atoms with Gasteiger partial charge < -0.3 is 15.1 Å². The van der Waals surface area contributed by atoms with Gasteiger partial charge in [-0.15, -0.1) is 0 Å². The fourth-order valence-electron chi connectivity index (χ4n) is 4.45. The third-order valence-electron chi connectivity index (χ3n) is 5.61. The van der Waals surface area contributed by atoms with Crippen LogP contribution in [0.15, 0.2) is 4.99 Å². The van der Waals surface area contributed by atoms with Gasteiger partial charge in [-0.2, -0.15) is 0 Å². The van der Waals surface area contributed by atoms with Gasteiger partial charge in [-0.05, 0) is 32.1 Å². The number of rotatable bonds is 6. The highest BCUT2D eigenvalue weighted by Crippen LogP contribution is 2.21. The lowest BCUT2D eigenvalue weighted by Gasteiger charge is -2.39. The summed E-state index contributed by atoms with van der Waals surface area (Å²) < 4.78 is 25.7. The van der Waals surface area contributed by atoms with Crippen molar-refractivity contribution in [2.24, 2.45) is 16.8 Å². The Morgan fingerprint density at radius 2 is 1.63 bits per heavy atom. The number of sulfonamides is 1. The minimum atomic E-state index is -3.28. The Bertz CT molecular complexity index is 706.